The van der Waals surface area contributed by atoms with E-state index in [2.05, 4.69) is 28.9 Å². The lowest BCUT2D eigenvalue weighted by Crippen LogP contribution is -2.54. The Morgan fingerprint density at radius 2 is 1.97 bits per heavy atom. The summed E-state index contributed by atoms with van der Waals surface area (Å²) in [6.45, 7) is 6.95. The molecule has 9 heteroatoms. The molecule has 2 bridgehead atoms. The number of nitrogens with zero attached hydrogens (tertiary/aromatic N) is 2. The molecule has 206 valence electrons. The third-order valence-corrected chi connectivity index (χ3v) is 9.84. The molecule has 0 aromatic heterocycles. The second kappa shape index (κ2) is 9.78. The molecule has 2 saturated heterocycles. The molecule has 2 saturated carbocycles. The Kier molecular flexibility index (Phi) is 6.91. The van der Waals surface area contributed by atoms with Gasteiger partial charge in [0.1, 0.15) is 17.7 Å². The molecular formula is C29H40N4O5. The van der Waals surface area contributed by atoms with Crippen LogP contribution in [0.25, 0.3) is 0 Å². The van der Waals surface area contributed by atoms with E-state index in [9.17, 15) is 24.4 Å². The van der Waals surface area contributed by atoms with Crippen LogP contribution in [-0.2, 0) is 23.9 Å². The third kappa shape index (κ3) is 4.66. The average Bonchev–Trinajstić information content (AvgIpc) is 3.19. The third-order valence-electron chi connectivity index (χ3n) is 9.84. The molecule has 2 heterocycles. The van der Waals surface area contributed by atoms with Crippen molar-refractivity contribution in [2.45, 2.75) is 77.0 Å². The van der Waals surface area contributed by atoms with E-state index >= 15 is 0 Å². The molecule has 3 aliphatic carbocycles. The Balaban J connectivity index is 1.38. The summed E-state index contributed by atoms with van der Waals surface area (Å²) in [5.74, 6) is -0.775. The van der Waals surface area contributed by atoms with E-state index in [4.69, 9.17) is 4.74 Å². The van der Waals surface area contributed by atoms with Crippen LogP contribution in [0.5, 0.6) is 0 Å². The monoisotopic (exact) mass is 524 g/mol. The van der Waals surface area contributed by atoms with Gasteiger partial charge in [0.25, 0.3) is 0 Å². The van der Waals surface area contributed by atoms with Crippen molar-refractivity contribution in [2.75, 3.05) is 20.2 Å². The van der Waals surface area contributed by atoms with Crippen molar-refractivity contribution in [1.29, 1.82) is 5.26 Å². The van der Waals surface area contributed by atoms with Crippen LogP contribution in [0.3, 0.4) is 0 Å². The lowest BCUT2D eigenvalue weighted by atomic mass is 9.76. The van der Waals surface area contributed by atoms with E-state index in [0.717, 1.165) is 6.42 Å². The number of carbonyl (C=O) groups excluding carboxylic acids is 4. The number of nitriles is 1. The zero-order valence-corrected chi connectivity index (χ0v) is 22.9. The second-order valence-corrected chi connectivity index (χ2v) is 13.1. The van der Waals surface area contributed by atoms with Gasteiger partial charge in [0.05, 0.1) is 6.07 Å². The molecule has 0 radical (unpaired) electrons. The minimum atomic E-state index is -0.807. The zero-order valence-electron chi connectivity index (χ0n) is 22.9. The number of rotatable bonds is 9. The smallest absolute Gasteiger partial charge is 0.244 e. The fourth-order valence-corrected chi connectivity index (χ4v) is 7.38. The highest BCUT2D eigenvalue weighted by Gasteiger charge is 2.59. The van der Waals surface area contributed by atoms with Crippen LogP contribution in [-0.4, -0.2) is 66.3 Å². The number of Topliss-reactive ketones (excluding diaryl/α,β-unsaturated/α-hetero) is 1. The molecule has 4 fully saturated rings. The molecule has 9 nitrogen and oxygen atoms in total. The maximum Gasteiger partial charge on any atom is 0.244 e. The minimum Gasteiger partial charge on any atom is -0.370 e. The predicted molar refractivity (Wildman–Crippen MR) is 138 cm³/mol. The Hall–Kier alpha value is -2.73. The van der Waals surface area contributed by atoms with E-state index in [0.29, 0.717) is 38.3 Å². The largest absolute Gasteiger partial charge is 0.370 e. The molecule has 5 aliphatic rings. The van der Waals surface area contributed by atoms with Crippen LogP contribution in [0.1, 0.15) is 59.3 Å². The first-order valence-electron chi connectivity index (χ1n) is 14.0. The molecule has 3 amide bonds. The number of amides is 3. The normalized spacial score (nSPS) is 33.9. The number of carbonyl (C=O) groups is 4. The second-order valence-electron chi connectivity index (χ2n) is 13.1. The number of nitrogens with one attached hydrogen (secondary N) is 2. The van der Waals surface area contributed by atoms with Crippen molar-refractivity contribution in [1.82, 2.24) is 15.5 Å². The first-order valence-corrected chi connectivity index (χ1v) is 14.0. The van der Waals surface area contributed by atoms with Crippen LogP contribution in [0, 0.1) is 52.3 Å². The summed E-state index contributed by atoms with van der Waals surface area (Å²) in [6, 6.07) is 0.653. The van der Waals surface area contributed by atoms with Crippen molar-refractivity contribution in [2.24, 2.45) is 40.9 Å². The van der Waals surface area contributed by atoms with Crippen molar-refractivity contribution in [3.8, 4) is 6.07 Å². The van der Waals surface area contributed by atoms with Gasteiger partial charge < -0.3 is 20.3 Å². The van der Waals surface area contributed by atoms with Gasteiger partial charge in [-0.2, -0.15) is 5.26 Å². The van der Waals surface area contributed by atoms with Crippen LogP contribution in [0.2, 0.25) is 0 Å². The maximum absolute atomic E-state index is 14.2. The van der Waals surface area contributed by atoms with Crippen LogP contribution in [0.4, 0.5) is 0 Å². The average molecular weight is 525 g/mol. The number of likely N-dealkylation sites (tertiary alicyclic amines) is 1. The van der Waals surface area contributed by atoms with Crippen LogP contribution < -0.4 is 10.6 Å². The summed E-state index contributed by atoms with van der Waals surface area (Å²) in [6.07, 6.45) is 7.71. The van der Waals surface area contributed by atoms with Gasteiger partial charge in [0, 0.05) is 38.5 Å². The molecule has 8 atom stereocenters. The lowest BCUT2D eigenvalue weighted by Gasteiger charge is -2.37. The van der Waals surface area contributed by atoms with E-state index in [1.54, 1.807) is 12.0 Å². The fraction of sp³-hybridized carbons (Fsp3) is 0.759. The van der Waals surface area contributed by atoms with Gasteiger partial charge in [-0.25, -0.2) is 0 Å². The topological polar surface area (TPSA) is 129 Å². The van der Waals surface area contributed by atoms with Gasteiger partial charge in [-0.1, -0.05) is 32.9 Å². The minimum absolute atomic E-state index is 0.00635. The number of allylic oxidation sites excluding steroid dienone is 2. The first-order chi connectivity index (χ1) is 18.0. The van der Waals surface area contributed by atoms with E-state index < -0.39 is 29.0 Å². The summed E-state index contributed by atoms with van der Waals surface area (Å²) in [5.41, 5.74) is -1.25. The number of fused-ring (bicyclic) bond motifs is 5. The quantitative estimate of drug-likeness (QED) is 0.444. The Bertz CT molecular complexity index is 1080. The Morgan fingerprint density at radius 1 is 1.26 bits per heavy atom. The number of hydrogen-bond acceptors (Lipinski definition) is 6. The molecule has 2 aliphatic heterocycles. The molecule has 0 aromatic carbocycles. The van der Waals surface area contributed by atoms with Crippen molar-refractivity contribution in [3.05, 3.63) is 12.2 Å². The summed E-state index contributed by atoms with van der Waals surface area (Å²) in [7, 11) is 1.55. The fourth-order valence-electron chi connectivity index (χ4n) is 7.38. The molecule has 0 aromatic rings. The van der Waals surface area contributed by atoms with Gasteiger partial charge in [-0.05, 0) is 61.2 Å². The van der Waals surface area contributed by atoms with Gasteiger partial charge in [-0.3, -0.25) is 19.2 Å². The summed E-state index contributed by atoms with van der Waals surface area (Å²) in [5, 5.41) is 15.5. The standard InChI is InChI=1S/C29H40N4O5/c1-28(2,3)21(13-22(34)29(38-4)8-9-29)27(37)33-15-20-16-5-6-17(11-16)23(20)24(33)26(36)32-19(14-30)12-18-7-10-31-25(18)35/h5-6,16-21,23-24H,7-13,15H2,1-4H3,(H,31,35)(H,32,36)/t16-,17+,18+,19+,20-,21-,23+,24+/m1/s1. The molecule has 38 heavy (non-hydrogen) atoms. The maximum atomic E-state index is 14.2. The number of methoxy groups -OCH3 is 1. The summed E-state index contributed by atoms with van der Waals surface area (Å²) < 4.78 is 5.50. The van der Waals surface area contributed by atoms with Crippen molar-refractivity contribution >= 4 is 23.5 Å². The zero-order chi connectivity index (χ0) is 27.4. The molecule has 2 N–H and O–H groups in total. The highest BCUT2D eigenvalue weighted by atomic mass is 16.5. The van der Waals surface area contributed by atoms with Crippen LogP contribution >= 0.6 is 0 Å². The lowest BCUT2D eigenvalue weighted by molar-refractivity contribution is -0.149. The Labute approximate surface area is 224 Å². The van der Waals surface area contributed by atoms with Gasteiger partial charge in [0.2, 0.25) is 17.7 Å². The Morgan fingerprint density at radius 3 is 2.55 bits per heavy atom. The molecular weight excluding hydrogens is 484 g/mol. The van der Waals surface area contributed by atoms with E-state index in [-0.39, 0.29) is 60.0 Å². The van der Waals surface area contributed by atoms with Gasteiger partial charge >= 0.3 is 0 Å². The number of ether oxygens (including phenoxy) is 1. The van der Waals surface area contributed by atoms with Crippen LogP contribution in [0.15, 0.2) is 12.2 Å². The van der Waals surface area contributed by atoms with Crippen molar-refractivity contribution < 1.29 is 23.9 Å². The predicted octanol–water partition coefficient (Wildman–Crippen LogP) is 1.97. The molecule has 5 rings (SSSR count). The molecule has 0 unspecified atom stereocenters. The van der Waals surface area contributed by atoms with E-state index in [1.165, 1.54) is 0 Å². The highest BCUT2D eigenvalue weighted by molar-refractivity contribution is 5.96. The van der Waals surface area contributed by atoms with Gasteiger partial charge in [-0.15, -0.1) is 0 Å². The highest BCUT2D eigenvalue weighted by Crippen LogP contribution is 2.55. The SMILES string of the molecule is COC1(C(=O)C[C@H](C(=O)N2C[C@H]3[C@@H]([C@H]2C(=O)N[C@H](C#N)C[C@@H]2CCNC2=O)[C@H]2C=C[C@@H]3C2)C(C)(C)C)CC1. The number of hydrogen-bond donors (Lipinski definition) is 2. The summed E-state index contributed by atoms with van der Waals surface area (Å²) >= 11 is 0. The van der Waals surface area contributed by atoms with E-state index in [1.807, 2.05) is 20.8 Å². The first kappa shape index (κ1) is 26.9. The molecule has 0 spiro atoms. The number of ketones is 1. The van der Waals surface area contributed by atoms with Crippen molar-refractivity contribution in [3.63, 3.8) is 0 Å². The summed E-state index contributed by atoms with van der Waals surface area (Å²) in [4.78, 5) is 55.0. The van der Waals surface area contributed by atoms with Gasteiger partial charge in [0.15, 0.2) is 5.78 Å².